The van der Waals surface area contributed by atoms with Gasteiger partial charge >= 0.3 is 0 Å². The number of aliphatic imine (C=N–C) groups is 1. The van der Waals surface area contributed by atoms with Gasteiger partial charge in [0.2, 0.25) is 0 Å². The van der Waals surface area contributed by atoms with Gasteiger partial charge in [0, 0.05) is 18.5 Å². The molecule has 1 saturated carbocycles. The van der Waals surface area contributed by atoms with E-state index >= 15 is 0 Å². The third kappa shape index (κ3) is 5.51. The summed E-state index contributed by atoms with van der Waals surface area (Å²) in [6.07, 6.45) is 5.05. The van der Waals surface area contributed by atoms with Crippen LogP contribution in [0.3, 0.4) is 0 Å². The van der Waals surface area contributed by atoms with Gasteiger partial charge in [0.05, 0.1) is 19.8 Å². The molecule has 0 radical (unpaired) electrons. The lowest BCUT2D eigenvalue weighted by atomic mass is 9.85. The van der Waals surface area contributed by atoms with Crippen LogP contribution >= 0.6 is 24.0 Å². The summed E-state index contributed by atoms with van der Waals surface area (Å²) in [5.41, 5.74) is 8.22. The summed E-state index contributed by atoms with van der Waals surface area (Å²) in [4.78, 5) is 4.46. The summed E-state index contributed by atoms with van der Waals surface area (Å²) in [5, 5.41) is 3.23. The van der Waals surface area contributed by atoms with Crippen LogP contribution in [0.2, 0.25) is 0 Å². The fourth-order valence-electron chi connectivity index (χ4n) is 2.86. The molecule has 1 aliphatic heterocycles. The van der Waals surface area contributed by atoms with E-state index < -0.39 is 0 Å². The van der Waals surface area contributed by atoms with E-state index in [0.29, 0.717) is 19.1 Å². The number of guanidine groups is 1. The number of nitrogens with one attached hydrogen (secondary N) is 1. The minimum absolute atomic E-state index is 0. The Kier molecular flexibility index (Phi) is 7.61. The molecule has 2 fully saturated rings. The van der Waals surface area contributed by atoms with E-state index in [0.717, 1.165) is 36.8 Å². The first-order chi connectivity index (χ1) is 11.2. The minimum Gasteiger partial charge on any atom is -0.488 e. The topological polar surface area (TPSA) is 68.9 Å². The normalized spacial score (nSPS) is 21.0. The maximum absolute atomic E-state index is 6.09. The maximum Gasteiger partial charge on any atom is 0.188 e. The van der Waals surface area contributed by atoms with Crippen LogP contribution in [0.1, 0.15) is 36.8 Å². The lowest BCUT2D eigenvalue weighted by Crippen LogP contribution is -2.37. The third-order valence-corrected chi connectivity index (χ3v) is 4.62. The zero-order chi connectivity index (χ0) is 16.1. The Hall–Kier alpha value is -1.02. The Morgan fingerprint density at radius 3 is 2.88 bits per heavy atom. The van der Waals surface area contributed by atoms with Crippen molar-refractivity contribution in [1.29, 1.82) is 0 Å². The average Bonchev–Trinajstić information content (AvgIpc) is 2.98. The molecule has 0 spiro atoms. The number of halogens is 1. The summed E-state index contributed by atoms with van der Waals surface area (Å²) in [5.74, 6) is 2.19. The molecule has 3 N–H and O–H groups in total. The van der Waals surface area contributed by atoms with Crippen LogP contribution in [0.4, 0.5) is 0 Å². The number of ether oxygens (including phenoxy) is 2. The van der Waals surface area contributed by atoms with Gasteiger partial charge in [-0.3, -0.25) is 0 Å². The first-order valence-corrected chi connectivity index (χ1v) is 8.58. The molecule has 1 saturated heterocycles. The molecule has 3 rings (SSSR count). The Labute approximate surface area is 161 Å². The van der Waals surface area contributed by atoms with Crippen molar-refractivity contribution in [3.63, 3.8) is 0 Å². The number of aryl methyl sites for hydroxylation is 1. The van der Waals surface area contributed by atoms with E-state index in [2.05, 4.69) is 35.4 Å². The smallest absolute Gasteiger partial charge is 0.188 e. The van der Waals surface area contributed by atoms with Gasteiger partial charge in [-0.15, -0.1) is 24.0 Å². The Morgan fingerprint density at radius 1 is 1.38 bits per heavy atom. The van der Waals surface area contributed by atoms with E-state index in [-0.39, 0.29) is 30.1 Å². The van der Waals surface area contributed by atoms with Crippen molar-refractivity contribution in [2.24, 2.45) is 16.6 Å². The van der Waals surface area contributed by atoms with Crippen molar-refractivity contribution in [3.8, 4) is 5.75 Å². The fraction of sp³-hybridized carbons (Fsp3) is 0.611. The number of nitrogens with zero attached hydrogens (tertiary/aromatic N) is 1. The van der Waals surface area contributed by atoms with Gasteiger partial charge in [0.15, 0.2) is 5.96 Å². The van der Waals surface area contributed by atoms with Crippen LogP contribution in [0.15, 0.2) is 23.2 Å². The molecular weight excluding hydrogens is 417 g/mol. The minimum atomic E-state index is 0. The number of hydrogen-bond acceptors (Lipinski definition) is 3. The van der Waals surface area contributed by atoms with E-state index in [1.165, 1.54) is 24.8 Å². The average molecular weight is 445 g/mol. The predicted octanol–water partition coefficient (Wildman–Crippen LogP) is 2.99. The van der Waals surface area contributed by atoms with Crippen LogP contribution < -0.4 is 15.8 Å². The molecule has 0 aromatic heterocycles. The molecular formula is C18H28IN3O2. The lowest BCUT2D eigenvalue weighted by Gasteiger charge is -2.25. The fourth-order valence-corrected chi connectivity index (χ4v) is 2.86. The Balaban J connectivity index is 0.00000208. The number of nitrogens with two attached hydrogens (primary N) is 1. The number of benzene rings is 1. The van der Waals surface area contributed by atoms with Gasteiger partial charge in [-0.2, -0.15) is 0 Å². The van der Waals surface area contributed by atoms with E-state index in [1.54, 1.807) is 0 Å². The highest BCUT2D eigenvalue weighted by Gasteiger charge is 2.19. The number of hydrogen-bond donors (Lipinski definition) is 2. The van der Waals surface area contributed by atoms with Gasteiger partial charge in [-0.1, -0.05) is 18.6 Å². The first-order valence-electron chi connectivity index (χ1n) is 8.58. The SMILES string of the molecule is Cc1ccc(CN=C(N)NCC2CCC2)c(OC2CCOC2)c1.I. The molecule has 1 atom stereocenters. The van der Waals surface area contributed by atoms with Crippen LogP contribution in [-0.4, -0.2) is 31.8 Å². The zero-order valence-electron chi connectivity index (χ0n) is 14.3. The van der Waals surface area contributed by atoms with Crippen molar-refractivity contribution in [2.75, 3.05) is 19.8 Å². The van der Waals surface area contributed by atoms with Crippen molar-refractivity contribution in [3.05, 3.63) is 29.3 Å². The molecule has 24 heavy (non-hydrogen) atoms. The zero-order valence-corrected chi connectivity index (χ0v) is 16.6. The highest BCUT2D eigenvalue weighted by Crippen LogP contribution is 2.25. The first kappa shape index (κ1) is 19.3. The second-order valence-electron chi connectivity index (χ2n) is 6.59. The molecule has 0 bridgehead atoms. The Bertz CT molecular complexity index is 555. The summed E-state index contributed by atoms with van der Waals surface area (Å²) < 4.78 is 11.5. The van der Waals surface area contributed by atoms with Gasteiger partial charge in [-0.25, -0.2) is 4.99 Å². The van der Waals surface area contributed by atoms with Crippen LogP contribution in [0, 0.1) is 12.8 Å². The lowest BCUT2D eigenvalue weighted by molar-refractivity contribution is 0.140. The largest absolute Gasteiger partial charge is 0.488 e. The molecule has 1 aliphatic carbocycles. The highest BCUT2D eigenvalue weighted by atomic mass is 127. The quantitative estimate of drug-likeness (QED) is 0.402. The molecule has 1 aromatic carbocycles. The van der Waals surface area contributed by atoms with Gasteiger partial charge in [0.1, 0.15) is 11.9 Å². The molecule has 134 valence electrons. The second kappa shape index (κ2) is 9.46. The van der Waals surface area contributed by atoms with E-state index in [1.807, 2.05) is 0 Å². The van der Waals surface area contributed by atoms with Crippen molar-refractivity contribution >= 4 is 29.9 Å². The predicted molar refractivity (Wildman–Crippen MR) is 107 cm³/mol. The molecule has 1 heterocycles. The monoisotopic (exact) mass is 445 g/mol. The van der Waals surface area contributed by atoms with Crippen LogP contribution in [0.5, 0.6) is 5.75 Å². The van der Waals surface area contributed by atoms with Gasteiger partial charge in [0.25, 0.3) is 0 Å². The molecule has 2 aliphatic rings. The van der Waals surface area contributed by atoms with E-state index in [9.17, 15) is 0 Å². The van der Waals surface area contributed by atoms with E-state index in [4.69, 9.17) is 15.2 Å². The van der Waals surface area contributed by atoms with Crippen LogP contribution in [0.25, 0.3) is 0 Å². The number of rotatable bonds is 6. The molecule has 6 heteroatoms. The third-order valence-electron chi connectivity index (χ3n) is 4.62. The van der Waals surface area contributed by atoms with Gasteiger partial charge < -0.3 is 20.5 Å². The molecule has 0 amide bonds. The second-order valence-corrected chi connectivity index (χ2v) is 6.59. The standard InChI is InChI=1S/C18H27N3O2.HI/c1-13-5-6-15(17(9-13)23-16-7-8-22-12-16)11-21-18(19)20-10-14-3-2-4-14;/h5-6,9,14,16H,2-4,7-8,10-12H2,1H3,(H3,19,20,21);1H. The van der Waals surface area contributed by atoms with Crippen molar-refractivity contribution < 1.29 is 9.47 Å². The highest BCUT2D eigenvalue weighted by molar-refractivity contribution is 14.0. The summed E-state index contributed by atoms with van der Waals surface area (Å²) in [6, 6.07) is 6.23. The Morgan fingerprint density at radius 2 is 2.21 bits per heavy atom. The van der Waals surface area contributed by atoms with Crippen LogP contribution in [-0.2, 0) is 11.3 Å². The van der Waals surface area contributed by atoms with Crippen molar-refractivity contribution in [1.82, 2.24) is 5.32 Å². The molecule has 5 nitrogen and oxygen atoms in total. The summed E-state index contributed by atoms with van der Waals surface area (Å²) in [7, 11) is 0. The summed E-state index contributed by atoms with van der Waals surface area (Å²) in [6.45, 7) is 4.99. The molecule has 1 unspecified atom stereocenters. The van der Waals surface area contributed by atoms with Gasteiger partial charge in [-0.05, 0) is 37.3 Å². The van der Waals surface area contributed by atoms with Crippen molar-refractivity contribution in [2.45, 2.75) is 45.3 Å². The summed E-state index contributed by atoms with van der Waals surface area (Å²) >= 11 is 0. The molecule has 1 aromatic rings. The maximum atomic E-state index is 6.09.